The second kappa shape index (κ2) is 4.23. The second-order valence-corrected chi connectivity index (χ2v) is 5.50. The number of fused-ring (bicyclic) bond motifs is 1. The van der Waals surface area contributed by atoms with E-state index in [2.05, 4.69) is 9.97 Å². The molecule has 0 aliphatic heterocycles. The monoisotopic (exact) mass is 276 g/mol. The molecule has 1 N–H and O–H groups in total. The molecule has 2 aromatic heterocycles. The summed E-state index contributed by atoms with van der Waals surface area (Å²) in [5.41, 5.74) is 2.79. The first-order valence-electron chi connectivity index (χ1n) is 5.39. The van der Waals surface area contributed by atoms with Crippen LogP contribution >= 0.6 is 22.9 Å². The van der Waals surface area contributed by atoms with Gasteiger partial charge in [-0.1, -0.05) is 17.7 Å². The van der Waals surface area contributed by atoms with Crippen molar-refractivity contribution in [3.63, 3.8) is 0 Å². The number of hydrogen-bond donors (Lipinski definition) is 1. The molecular weight excluding hydrogens is 268 g/mol. The van der Waals surface area contributed by atoms with Gasteiger partial charge in [-0.25, -0.2) is 4.98 Å². The highest BCUT2D eigenvalue weighted by Crippen LogP contribution is 2.34. The average Bonchev–Trinajstić information content (AvgIpc) is 2.77. The van der Waals surface area contributed by atoms with E-state index in [-0.39, 0.29) is 5.56 Å². The molecule has 0 amide bonds. The van der Waals surface area contributed by atoms with Crippen LogP contribution in [0.3, 0.4) is 0 Å². The van der Waals surface area contributed by atoms with Gasteiger partial charge in [-0.05, 0) is 36.2 Å². The Bertz CT molecular complexity index is 791. The zero-order chi connectivity index (χ0) is 12.7. The molecule has 0 fully saturated rings. The van der Waals surface area contributed by atoms with Crippen LogP contribution in [0.2, 0.25) is 5.02 Å². The Labute approximate surface area is 112 Å². The Balaban J connectivity index is 2.29. The maximum absolute atomic E-state index is 11.7. The van der Waals surface area contributed by atoms with E-state index in [4.69, 9.17) is 11.6 Å². The van der Waals surface area contributed by atoms with E-state index in [1.807, 2.05) is 31.2 Å². The fraction of sp³-hybridized carbons (Fsp3) is 0.0769. The molecule has 90 valence electrons. The van der Waals surface area contributed by atoms with Crippen LogP contribution in [0.5, 0.6) is 0 Å². The molecule has 0 unspecified atom stereocenters. The number of aromatic amines is 1. The molecule has 2 heterocycles. The summed E-state index contributed by atoms with van der Waals surface area (Å²) in [5, 5.41) is 0.690. The molecular formula is C13H9ClN2OS. The van der Waals surface area contributed by atoms with Crippen LogP contribution in [-0.4, -0.2) is 9.97 Å². The van der Waals surface area contributed by atoms with Gasteiger partial charge < -0.3 is 4.98 Å². The van der Waals surface area contributed by atoms with Gasteiger partial charge in [-0.15, -0.1) is 11.3 Å². The number of H-pyrrole nitrogens is 1. The fourth-order valence-corrected chi connectivity index (χ4v) is 3.12. The minimum absolute atomic E-state index is 0.101. The SMILES string of the molecule is Cc1ccc(Cl)cc1-c1cc2nc[nH]c(=O)c2s1. The van der Waals surface area contributed by atoms with E-state index >= 15 is 0 Å². The van der Waals surface area contributed by atoms with Gasteiger partial charge in [0.2, 0.25) is 0 Å². The molecule has 3 nitrogen and oxygen atoms in total. The second-order valence-electron chi connectivity index (χ2n) is 4.02. The summed E-state index contributed by atoms with van der Waals surface area (Å²) in [4.78, 5) is 19.4. The predicted molar refractivity (Wildman–Crippen MR) is 75.4 cm³/mol. The van der Waals surface area contributed by atoms with Crippen molar-refractivity contribution in [2.24, 2.45) is 0 Å². The quantitative estimate of drug-likeness (QED) is 0.738. The van der Waals surface area contributed by atoms with Crippen molar-refractivity contribution in [2.75, 3.05) is 0 Å². The van der Waals surface area contributed by atoms with Crippen molar-refractivity contribution in [1.82, 2.24) is 9.97 Å². The number of nitrogens with zero attached hydrogens (tertiary/aromatic N) is 1. The molecule has 0 aliphatic rings. The molecule has 0 spiro atoms. The van der Waals surface area contributed by atoms with E-state index in [0.29, 0.717) is 9.72 Å². The van der Waals surface area contributed by atoms with E-state index < -0.39 is 0 Å². The predicted octanol–water partition coefficient (Wildman–Crippen LogP) is 3.61. The summed E-state index contributed by atoms with van der Waals surface area (Å²) in [7, 11) is 0. The van der Waals surface area contributed by atoms with Gasteiger partial charge in [0.25, 0.3) is 5.56 Å². The van der Waals surface area contributed by atoms with Crippen molar-refractivity contribution in [2.45, 2.75) is 6.92 Å². The number of halogens is 1. The Morgan fingerprint density at radius 2 is 2.17 bits per heavy atom. The highest BCUT2D eigenvalue weighted by molar-refractivity contribution is 7.22. The van der Waals surface area contributed by atoms with Gasteiger partial charge in [0, 0.05) is 9.90 Å². The van der Waals surface area contributed by atoms with Crippen molar-refractivity contribution in [3.8, 4) is 10.4 Å². The van der Waals surface area contributed by atoms with Crippen LogP contribution in [0.25, 0.3) is 20.7 Å². The molecule has 0 radical (unpaired) electrons. The Hall–Kier alpha value is -1.65. The molecule has 5 heteroatoms. The van der Waals surface area contributed by atoms with Crippen LogP contribution in [0.4, 0.5) is 0 Å². The molecule has 0 saturated carbocycles. The molecule has 0 atom stereocenters. The summed E-state index contributed by atoms with van der Waals surface area (Å²) < 4.78 is 0.645. The zero-order valence-electron chi connectivity index (χ0n) is 9.53. The van der Waals surface area contributed by atoms with Gasteiger partial charge in [0.05, 0.1) is 11.8 Å². The number of benzene rings is 1. The van der Waals surface area contributed by atoms with Crippen molar-refractivity contribution < 1.29 is 0 Å². The lowest BCUT2D eigenvalue weighted by atomic mass is 10.1. The normalized spacial score (nSPS) is 11.0. The minimum atomic E-state index is -0.101. The van der Waals surface area contributed by atoms with Crippen molar-refractivity contribution in [1.29, 1.82) is 0 Å². The molecule has 3 aromatic rings. The van der Waals surface area contributed by atoms with Gasteiger partial charge in [-0.2, -0.15) is 0 Å². The highest BCUT2D eigenvalue weighted by atomic mass is 35.5. The first-order valence-corrected chi connectivity index (χ1v) is 6.58. The number of hydrogen-bond acceptors (Lipinski definition) is 3. The first-order chi connectivity index (χ1) is 8.65. The molecule has 0 bridgehead atoms. The fourth-order valence-electron chi connectivity index (χ4n) is 1.86. The van der Waals surface area contributed by atoms with Gasteiger partial charge in [0.1, 0.15) is 4.70 Å². The van der Waals surface area contributed by atoms with Crippen molar-refractivity contribution in [3.05, 3.63) is 51.5 Å². The van der Waals surface area contributed by atoms with Crippen molar-refractivity contribution >= 4 is 33.2 Å². The Kier molecular flexibility index (Phi) is 2.69. The van der Waals surface area contributed by atoms with Gasteiger partial charge in [-0.3, -0.25) is 4.79 Å². The smallest absolute Gasteiger partial charge is 0.268 e. The maximum Gasteiger partial charge on any atom is 0.268 e. The maximum atomic E-state index is 11.7. The first kappa shape index (κ1) is 11.4. The standard InChI is InChI=1S/C13H9ClN2OS/c1-7-2-3-8(14)4-9(7)11-5-10-12(18-11)13(17)16-6-15-10/h2-6H,1H3,(H,15,16,17). The Morgan fingerprint density at radius 1 is 1.33 bits per heavy atom. The summed E-state index contributed by atoms with van der Waals surface area (Å²) in [6, 6.07) is 7.67. The largest absolute Gasteiger partial charge is 0.312 e. The van der Waals surface area contributed by atoms with E-state index in [0.717, 1.165) is 21.5 Å². The third-order valence-electron chi connectivity index (χ3n) is 2.78. The van der Waals surface area contributed by atoms with Crippen LogP contribution in [-0.2, 0) is 0 Å². The number of aromatic nitrogens is 2. The van der Waals surface area contributed by atoms with Gasteiger partial charge in [0.15, 0.2) is 0 Å². The number of nitrogens with one attached hydrogen (secondary N) is 1. The minimum Gasteiger partial charge on any atom is -0.312 e. The lowest BCUT2D eigenvalue weighted by Crippen LogP contribution is -2.02. The third-order valence-corrected chi connectivity index (χ3v) is 4.17. The topological polar surface area (TPSA) is 45.8 Å². The van der Waals surface area contributed by atoms with Crippen LogP contribution in [0.15, 0.2) is 35.4 Å². The lowest BCUT2D eigenvalue weighted by Gasteiger charge is -2.02. The summed E-state index contributed by atoms with van der Waals surface area (Å²) in [6.07, 6.45) is 1.42. The average molecular weight is 277 g/mol. The number of aryl methyl sites for hydroxylation is 1. The molecule has 18 heavy (non-hydrogen) atoms. The van der Waals surface area contributed by atoms with Crippen LogP contribution < -0.4 is 5.56 Å². The van der Waals surface area contributed by atoms with Crippen LogP contribution in [0.1, 0.15) is 5.56 Å². The lowest BCUT2D eigenvalue weighted by molar-refractivity contribution is 1.18. The van der Waals surface area contributed by atoms with E-state index in [9.17, 15) is 4.79 Å². The molecule has 1 aromatic carbocycles. The van der Waals surface area contributed by atoms with E-state index in [1.165, 1.54) is 17.7 Å². The number of thiophene rings is 1. The molecule has 0 aliphatic carbocycles. The molecule has 0 saturated heterocycles. The summed E-state index contributed by atoms with van der Waals surface area (Å²) >= 11 is 7.45. The summed E-state index contributed by atoms with van der Waals surface area (Å²) in [6.45, 7) is 2.02. The van der Waals surface area contributed by atoms with Gasteiger partial charge >= 0.3 is 0 Å². The number of rotatable bonds is 1. The molecule has 3 rings (SSSR count). The van der Waals surface area contributed by atoms with Crippen LogP contribution in [0, 0.1) is 6.92 Å². The summed E-state index contributed by atoms with van der Waals surface area (Å²) in [5.74, 6) is 0. The van der Waals surface area contributed by atoms with E-state index in [1.54, 1.807) is 0 Å². The zero-order valence-corrected chi connectivity index (χ0v) is 11.1. The highest BCUT2D eigenvalue weighted by Gasteiger charge is 2.10. The Morgan fingerprint density at radius 3 is 2.94 bits per heavy atom. The third kappa shape index (κ3) is 1.83.